The van der Waals surface area contributed by atoms with Crippen LogP contribution in [0, 0.1) is 6.92 Å². The Morgan fingerprint density at radius 1 is 1.09 bits per heavy atom. The fourth-order valence-electron chi connectivity index (χ4n) is 2.84. The van der Waals surface area contributed by atoms with Crippen molar-refractivity contribution in [3.63, 3.8) is 0 Å². The first kappa shape index (κ1) is 15.0. The Morgan fingerprint density at radius 2 is 1.82 bits per heavy atom. The predicted octanol–water partition coefficient (Wildman–Crippen LogP) is 4.55. The zero-order chi connectivity index (χ0) is 15.7. The van der Waals surface area contributed by atoms with Crippen LogP contribution in [0.5, 0.6) is 0 Å². The maximum atomic E-state index is 2.30. The van der Waals surface area contributed by atoms with Crippen molar-refractivity contribution < 1.29 is 4.57 Å². The van der Waals surface area contributed by atoms with Gasteiger partial charge < -0.3 is 4.90 Å². The summed E-state index contributed by atoms with van der Waals surface area (Å²) < 4.78 is 3.65. The molecule has 0 spiro atoms. The van der Waals surface area contributed by atoms with Gasteiger partial charge in [0, 0.05) is 25.3 Å². The average Bonchev–Trinajstić information content (AvgIpc) is 2.84. The fraction of sp³-hybridized carbons (Fsp3) is 0.316. The lowest BCUT2D eigenvalue weighted by Gasteiger charge is -2.18. The molecule has 3 aromatic rings. The molecule has 0 N–H and O–H groups in total. The van der Waals surface area contributed by atoms with Gasteiger partial charge in [-0.2, -0.15) is 4.57 Å². The van der Waals surface area contributed by atoms with E-state index in [1.54, 1.807) is 0 Å². The van der Waals surface area contributed by atoms with Crippen molar-refractivity contribution in [2.24, 2.45) is 7.05 Å². The molecule has 0 atom stereocenters. The van der Waals surface area contributed by atoms with Crippen molar-refractivity contribution in [3.8, 4) is 10.6 Å². The van der Waals surface area contributed by atoms with Gasteiger partial charge in [0.15, 0.2) is 0 Å². The second kappa shape index (κ2) is 6.09. The van der Waals surface area contributed by atoms with Crippen molar-refractivity contribution in [1.82, 2.24) is 0 Å². The normalized spacial score (nSPS) is 11.1. The fourth-order valence-corrected chi connectivity index (χ4v) is 4.09. The van der Waals surface area contributed by atoms with Gasteiger partial charge in [-0.1, -0.05) is 24.3 Å². The predicted molar refractivity (Wildman–Crippen MR) is 96.7 cm³/mol. The summed E-state index contributed by atoms with van der Waals surface area (Å²) in [5, 5.41) is 1.31. The van der Waals surface area contributed by atoms with E-state index in [2.05, 4.69) is 79.9 Å². The molecule has 1 aromatic heterocycles. The molecule has 0 unspecified atom stereocenters. The molecular formula is C19H23N2S+. The third kappa shape index (κ3) is 2.73. The van der Waals surface area contributed by atoms with Crippen LogP contribution in [0.3, 0.4) is 0 Å². The number of nitrogens with zero attached hydrogens (tertiary/aromatic N) is 2. The molecule has 1 heterocycles. The molecule has 114 valence electrons. The molecule has 3 rings (SSSR count). The summed E-state index contributed by atoms with van der Waals surface area (Å²) in [5.74, 6) is 0. The summed E-state index contributed by atoms with van der Waals surface area (Å²) in [7, 11) is 4.31. The minimum absolute atomic E-state index is 1.09. The topological polar surface area (TPSA) is 7.12 Å². The van der Waals surface area contributed by atoms with E-state index in [1.165, 1.54) is 38.5 Å². The van der Waals surface area contributed by atoms with Gasteiger partial charge in [0.2, 0.25) is 5.52 Å². The molecule has 2 aromatic carbocycles. The summed E-state index contributed by atoms with van der Waals surface area (Å²) in [5.41, 5.74) is 5.19. The Hall–Kier alpha value is -1.87. The zero-order valence-corrected chi connectivity index (χ0v) is 14.6. The number of aryl methyl sites for hydroxylation is 2. The first-order chi connectivity index (χ1) is 10.6. The largest absolute Gasteiger partial charge is 0.375 e. The Balaban J connectivity index is 1.99. The maximum Gasteiger partial charge on any atom is 0.269 e. The van der Waals surface area contributed by atoms with Crippen LogP contribution >= 0.6 is 11.3 Å². The molecule has 0 aliphatic heterocycles. The third-order valence-corrected chi connectivity index (χ3v) is 5.35. The second-order valence-corrected chi connectivity index (χ2v) is 6.94. The highest BCUT2D eigenvalue weighted by molar-refractivity contribution is 7.21. The first-order valence-corrected chi connectivity index (χ1v) is 8.62. The van der Waals surface area contributed by atoms with Crippen LogP contribution < -0.4 is 9.47 Å². The lowest BCUT2D eigenvalue weighted by Crippen LogP contribution is -2.28. The summed E-state index contributed by atoms with van der Waals surface area (Å²) in [6.45, 7) is 5.45. The monoisotopic (exact) mass is 311 g/mol. The highest BCUT2D eigenvalue weighted by atomic mass is 32.1. The number of aromatic nitrogens is 1. The summed E-state index contributed by atoms with van der Waals surface area (Å²) in [6, 6.07) is 15.6. The first-order valence-electron chi connectivity index (χ1n) is 7.81. The van der Waals surface area contributed by atoms with Crippen molar-refractivity contribution in [3.05, 3.63) is 48.0 Å². The highest BCUT2D eigenvalue weighted by Crippen LogP contribution is 2.30. The van der Waals surface area contributed by atoms with Crippen LogP contribution in [0.15, 0.2) is 42.5 Å². The number of benzene rings is 2. The lowest BCUT2D eigenvalue weighted by molar-refractivity contribution is -0.629. The van der Waals surface area contributed by atoms with Gasteiger partial charge >= 0.3 is 0 Å². The number of hydrogen-bond donors (Lipinski definition) is 0. The Morgan fingerprint density at radius 3 is 2.50 bits per heavy atom. The summed E-state index contributed by atoms with van der Waals surface area (Å²) in [4.78, 5) is 2.30. The van der Waals surface area contributed by atoms with Gasteiger partial charge in [-0.3, -0.25) is 0 Å². The molecule has 2 nitrogen and oxygen atoms in total. The Bertz CT molecular complexity index is 787. The molecule has 0 radical (unpaired) electrons. The molecule has 0 aliphatic rings. The number of fused-ring (bicyclic) bond motifs is 1. The summed E-state index contributed by atoms with van der Waals surface area (Å²) >= 11 is 1.87. The minimum atomic E-state index is 1.09. The van der Waals surface area contributed by atoms with E-state index in [9.17, 15) is 0 Å². The van der Waals surface area contributed by atoms with Crippen molar-refractivity contribution in [2.45, 2.75) is 20.3 Å². The van der Waals surface area contributed by atoms with Gasteiger partial charge in [-0.15, -0.1) is 0 Å². The van der Waals surface area contributed by atoms with E-state index in [0.717, 1.165) is 6.54 Å². The lowest BCUT2D eigenvalue weighted by atomic mass is 10.2. The molecule has 22 heavy (non-hydrogen) atoms. The van der Waals surface area contributed by atoms with E-state index in [-0.39, 0.29) is 0 Å². The number of thiazole rings is 1. The van der Waals surface area contributed by atoms with Crippen LogP contribution in [0.4, 0.5) is 5.69 Å². The molecule has 0 saturated heterocycles. The standard InChI is InChI=1S/C19H23N2S/c1-5-12-20(3)16-9-7-15(8-10-16)19-21(4)17-11-6-14(2)13-18(17)22-19/h6-11,13H,5,12H2,1-4H3/q+1. The SMILES string of the molecule is CCCN(C)c1ccc(-c2sc3cc(C)ccc3[n+]2C)cc1. The van der Waals surface area contributed by atoms with Crippen LogP contribution in [-0.2, 0) is 7.05 Å². The van der Waals surface area contributed by atoms with Crippen LogP contribution in [0.25, 0.3) is 20.8 Å². The Labute approximate surface area is 136 Å². The van der Waals surface area contributed by atoms with Crippen molar-refractivity contribution in [2.75, 3.05) is 18.5 Å². The quantitative estimate of drug-likeness (QED) is 0.641. The molecule has 0 aliphatic carbocycles. The maximum absolute atomic E-state index is 2.30. The molecular weight excluding hydrogens is 288 g/mol. The van der Waals surface area contributed by atoms with Gasteiger partial charge in [0.05, 0.1) is 5.56 Å². The van der Waals surface area contributed by atoms with E-state index in [1.807, 2.05) is 11.3 Å². The van der Waals surface area contributed by atoms with Crippen LogP contribution in [-0.4, -0.2) is 13.6 Å². The molecule has 0 amide bonds. The van der Waals surface area contributed by atoms with E-state index in [4.69, 9.17) is 0 Å². The van der Waals surface area contributed by atoms with Gasteiger partial charge in [0.25, 0.3) is 5.01 Å². The van der Waals surface area contributed by atoms with Gasteiger partial charge in [0.1, 0.15) is 11.7 Å². The van der Waals surface area contributed by atoms with Crippen LogP contribution in [0.1, 0.15) is 18.9 Å². The van der Waals surface area contributed by atoms with E-state index >= 15 is 0 Å². The minimum Gasteiger partial charge on any atom is -0.375 e. The van der Waals surface area contributed by atoms with E-state index < -0.39 is 0 Å². The van der Waals surface area contributed by atoms with Crippen molar-refractivity contribution >= 4 is 27.2 Å². The van der Waals surface area contributed by atoms with Crippen molar-refractivity contribution in [1.29, 1.82) is 0 Å². The molecule has 0 fully saturated rings. The van der Waals surface area contributed by atoms with E-state index in [0.29, 0.717) is 0 Å². The Kier molecular flexibility index (Phi) is 4.16. The average molecular weight is 311 g/mol. The number of hydrogen-bond acceptors (Lipinski definition) is 2. The number of rotatable bonds is 4. The van der Waals surface area contributed by atoms with Gasteiger partial charge in [-0.25, -0.2) is 0 Å². The third-order valence-electron chi connectivity index (χ3n) is 4.10. The highest BCUT2D eigenvalue weighted by Gasteiger charge is 2.18. The molecule has 0 bridgehead atoms. The molecule has 0 saturated carbocycles. The second-order valence-electron chi connectivity index (χ2n) is 5.91. The van der Waals surface area contributed by atoms with Crippen LogP contribution in [0.2, 0.25) is 0 Å². The van der Waals surface area contributed by atoms with Gasteiger partial charge in [-0.05, 0) is 49.2 Å². The molecule has 3 heteroatoms. The zero-order valence-electron chi connectivity index (χ0n) is 13.8. The smallest absolute Gasteiger partial charge is 0.269 e. The summed E-state index contributed by atoms with van der Waals surface area (Å²) in [6.07, 6.45) is 1.17. The number of anilines is 1.